The number of nitrogens with zero attached hydrogens (tertiary/aromatic N) is 1. The minimum Gasteiger partial charge on any atom is -0.394 e. The van der Waals surface area contributed by atoms with Gasteiger partial charge in [-0.25, -0.2) is 4.98 Å². The summed E-state index contributed by atoms with van der Waals surface area (Å²) in [7, 11) is 0. The van der Waals surface area contributed by atoms with E-state index in [2.05, 4.69) is 17.2 Å². The second-order valence-corrected chi connectivity index (χ2v) is 5.56. The van der Waals surface area contributed by atoms with Crippen molar-refractivity contribution in [2.24, 2.45) is 11.7 Å². The van der Waals surface area contributed by atoms with E-state index in [1.54, 1.807) is 12.1 Å². The van der Waals surface area contributed by atoms with E-state index < -0.39 is 5.91 Å². The molecule has 2 unspecified atom stereocenters. The third-order valence-corrected chi connectivity index (χ3v) is 3.84. The molecule has 0 saturated heterocycles. The van der Waals surface area contributed by atoms with E-state index in [4.69, 9.17) is 5.73 Å². The molecule has 0 bridgehead atoms. The number of amides is 1. The first-order valence-electron chi connectivity index (χ1n) is 6.69. The Balaban J connectivity index is 2.11. The zero-order valence-electron chi connectivity index (χ0n) is 11.2. The van der Waals surface area contributed by atoms with Crippen molar-refractivity contribution in [3.63, 3.8) is 0 Å². The minimum absolute atomic E-state index is 0.0938. The van der Waals surface area contributed by atoms with Crippen LogP contribution in [0, 0.1) is 5.92 Å². The third kappa shape index (κ3) is 3.23. The van der Waals surface area contributed by atoms with Crippen LogP contribution in [0.3, 0.4) is 0 Å². The zero-order valence-corrected chi connectivity index (χ0v) is 11.2. The van der Waals surface area contributed by atoms with Gasteiger partial charge < -0.3 is 16.2 Å². The number of primary amides is 1. The third-order valence-electron chi connectivity index (χ3n) is 3.84. The maximum absolute atomic E-state index is 11.0. The van der Waals surface area contributed by atoms with Crippen molar-refractivity contribution >= 4 is 11.7 Å². The summed E-state index contributed by atoms with van der Waals surface area (Å²) in [6, 6.07) is 3.38. The van der Waals surface area contributed by atoms with Gasteiger partial charge in [-0.3, -0.25) is 4.79 Å². The van der Waals surface area contributed by atoms with Crippen LogP contribution in [-0.2, 0) is 0 Å². The molecule has 1 aromatic rings. The summed E-state index contributed by atoms with van der Waals surface area (Å²) in [5.74, 6) is 0.786. The van der Waals surface area contributed by atoms with Gasteiger partial charge in [0, 0.05) is 6.20 Å². The number of carbonyl (C=O) groups is 1. The number of hydrogen-bond donors (Lipinski definition) is 3. The van der Waals surface area contributed by atoms with Gasteiger partial charge >= 0.3 is 0 Å². The Kier molecular flexibility index (Phi) is 4.04. The van der Waals surface area contributed by atoms with Gasteiger partial charge in [0.05, 0.1) is 17.7 Å². The number of pyridine rings is 1. The summed E-state index contributed by atoms with van der Waals surface area (Å²) in [4.78, 5) is 15.2. The highest BCUT2D eigenvalue weighted by Gasteiger charge is 2.34. The predicted molar refractivity (Wildman–Crippen MR) is 73.8 cm³/mol. The molecule has 0 spiro atoms. The Morgan fingerprint density at radius 2 is 2.42 bits per heavy atom. The molecule has 0 aromatic carbocycles. The lowest BCUT2D eigenvalue weighted by Crippen LogP contribution is -2.46. The number of aromatic nitrogens is 1. The second-order valence-electron chi connectivity index (χ2n) is 5.56. The Morgan fingerprint density at radius 3 is 2.95 bits per heavy atom. The molecule has 0 aliphatic heterocycles. The SMILES string of the molecule is CC1CCCC(CO)(Nc2ccc(C(N)=O)cn2)C1. The maximum atomic E-state index is 11.0. The molecule has 1 aromatic heterocycles. The first-order valence-corrected chi connectivity index (χ1v) is 6.69. The van der Waals surface area contributed by atoms with Crippen LogP contribution in [0.4, 0.5) is 5.82 Å². The monoisotopic (exact) mass is 263 g/mol. The summed E-state index contributed by atoms with van der Waals surface area (Å²) in [5, 5.41) is 13.0. The van der Waals surface area contributed by atoms with Gasteiger partial charge in [0.15, 0.2) is 0 Å². The van der Waals surface area contributed by atoms with Crippen molar-refractivity contribution in [1.82, 2.24) is 4.98 Å². The Morgan fingerprint density at radius 1 is 1.63 bits per heavy atom. The van der Waals surface area contributed by atoms with Gasteiger partial charge in [-0.05, 0) is 30.9 Å². The van der Waals surface area contributed by atoms with Crippen molar-refractivity contribution in [3.8, 4) is 0 Å². The van der Waals surface area contributed by atoms with Crippen LogP contribution in [0.25, 0.3) is 0 Å². The van der Waals surface area contributed by atoms with Crippen molar-refractivity contribution in [2.75, 3.05) is 11.9 Å². The Bertz CT molecular complexity index is 447. The standard InChI is InChI=1S/C14H21N3O2/c1-10-3-2-6-14(7-10,9-18)17-12-5-4-11(8-16-12)13(15)19/h4-5,8,10,18H,2-3,6-7,9H2,1H3,(H2,15,19)(H,16,17). The molecule has 5 nitrogen and oxygen atoms in total. The van der Waals surface area contributed by atoms with Gasteiger partial charge in [0.1, 0.15) is 5.82 Å². The quantitative estimate of drug-likeness (QED) is 0.768. The highest BCUT2D eigenvalue weighted by molar-refractivity contribution is 5.92. The molecule has 1 aliphatic rings. The zero-order chi connectivity index (χ0) is 13.9. The smallest absolute Gasteiger partial charge is 0.250 e. The topological polar surface area (TPSA) is 88.2 Å². The molecule has 2 atom stereocenters. The van der Waals surface area contributed by atoms with Crippen molar-refractivity contribution < 1.29 is 9.90 Å². The summed E-state index contributed by atoms with van der Waals surface area (Å²) in [6.45, 7) is 2.30. The number of nitrogens with one attached hydrogen (secondary N) is 1. The lowest BCUT2D eigenvalue weighted by atomic mass is 9.77. The highest BCUT2D eigenvalue weighted by Crippen LogP contribution is 2.34. The number of nitrogens with two attached hydrogens (primary N) is 1. The van der Waals surface area contributed by atoms with E-state index in [1.807, 2.05) is 0 Å². The van der Waals surface area contributed by atoms with Crippen molar-refractivity contribution in [2.45, 2.75) is 38.1 Å². The summed E-state index contributed by atoms with van der Waals surface area (Å²) >= 11 is 0. The minimum atomic E-state index is -0.484. The summed E-state index contributed by atoms with van der Waals surface area (Å²) < 4.78 is 0. The van der Waals surface area contributed by atoms with Gasteiger partial charge in [0.2, 0.25) is 5.91 Å². The van der Waals surface area contributed by atoms with Crippen LogP contribution in [0.1, 0.15) is 43.0 Å². The van der Waals surface area contributed by atoms with Gasteiger partial charge in [-0.2, -0.15) is 0 Å². The van der Waals surface area contributed by atoms with Gasteiger partial charge in [-0.15, -0.1) is 0 Å². The molecular weight excluding hydrogens is 242 g/mol. The number of rotatable bonds is 4. The van der Waals surface area contributed by atoms with Crippen LogP contribution in [0.2, 0.25) is 0 Å². The number of hydrogen-bond acceptors (Lipinski definition) is 4. The fourth-order valence-electron chi connectivity index (χ4n) is 2.84. The maximum Gasteiger partial charge on any atom is 0.250 e. The fourth-order valence-corrected chi connectivity index (χ4v) is 2.84. The average Bonchev–Trinajstić information content (AvgIpc) is 2.39. The Labute approximate surface area is 113 Å². The van der Waals surface area contributed by atoms with Gasteiger partial charge in [0.25, 0.3) is 0 Å². The normalized spacial score (nSPS) is 26.9. The van der Waals surface area contributed by atoms with Crippen molar-refractivity contribution in [1.29, 1.82) is 0 Å². The number of anilines is 1. The van der Waals surface area contributed by atoms with Crippen LogP contribution in [0.15, 0.2) is 18.3 Å². The molecule has 5 heteroatoms. The molecule has 0 radical (unpaired) electrons. The number of carbonyl (C=O) groups excluding carboxylic acids is 1. The van der Waals surface area contributed by atoms with E-state index in [9.17, 15) is 9.90 Å². The molecule has 1 saturated carbocycles. The second kappa shape index (κ2) is 5.57. The van der Waals surface area contributed by atoms with Crippen LogP contribution in [0.5, 0.6) is 0 Å². The van der Waals surface area contributed by atoms with Crippen LogP contribution in [-0.4, -0.2) is 28.1 Å². The van der Waals surface area contributed by atoms with Crippen molar-refractivity contribution in [3.05, 3.63) is 23.9 Å². The number of aliphatic hydroxyl groups excluding tert-OH is 1. The molecular formula is C14H21N3O2. The lowest BCUT2D eigenvalue weighted by Gasteiger charge is -2.39. The molecule has 4 N–H and O–H groups in total. The average molecular weight is 263 g/mol. The molecule has 1 aliphatic carbocycles. The van der Waals surface area contributed by atoms with E-state index in [0.717, 1.165) is 19.3 Å². The first-order chi connectivity index (χ1) is 9.04. The molecule has 1 amide bonds. The molecule has 2 rings (SSSR count). The lowest BCUT2D eigenvalue weighted by molar-refractivity contribution is 0.1000. The molecule has 1 heterocycles. The van der Waals surface area contributed by atoms with E-state index >= 15 is 0 Å². The van der Waals surface area contributed by atoms with Crippen LogP contribution >= 0.6 is 0 Å². The Hall–Kier alpha value is -1.62. The summed E-state index contributed by atoms with van der Waals surface area (Å²) in [6.07, 6.45) is 5.64. The van der Waals surface area contributed by atoms with E-state index in [0.29, 0.717) is 17.3 Å². The van der Waals surface area contributed by atoms with E-state index in [-0.39, 0.29) is 12.1 Å². The summed E-state index contributed by atoms with van der Waals surface area (Å²) in [5.41, 5.74) is 5.28. The molecule has 19 heavy (non-hydrogen) atoms. The fraction of sp³-hybridized carbons (Fsp3) is 0.571. The highest BCUT2D eigenvalue weighted by atomic mass is 16.3. The molecule has 104 valence electrons. The number of aliphatic hydroxyl groups is 1. The first kappa shape index (κ1) is 13.8. The van der Waals surface area contributed by atoms with E-state index in [1.165, 1.54) is 12.6 Å². The van der Waals surface area contributed by atoms with Gasteiger partial charge in [-0.1, -0.05) is 19.8 Å². The molecule has 1 fully saturated rings. The largest absolute Gasteiger partial charge is 0.394 e. The van der Waals surface area contributed by atoms with Crippen LogP contribution < -0.4 is 11.1 Å². The predicted octanol–water partition coefficient (Wildman–Crippen LogP) is 1.53.